The summed E-state index contributed by atoms with van der Waals surface area (Å²) in [4.78, 5) is 29.3. The summed E-state index contributed by atoms with van der Waals surface area (Å²) in [5, 5.41) is 0.798. The van der Waals surface area contributed by atoms with E-state index < -0.39 is 5.97 Å². The fourth-order valence-electron chi connectivity index (χ4n) is 2.87. The molecular formula is C20H19FN2O3. The lowest BCUT2D eigenvalue weighted by Gasteiger charge is -2.20. The number of aromatic nitrogens is 1. The molecule has 5 nitrogen and oxygen atoms in total. The topological polar surface area (TPSA) is 62.4 Å². The molecular weight excluding hydrogens is 335 g/mol. The summed E-state index contributed by atoms with van der Waals surface area (Å²) in [5.41, 5.74) is 2.24. The zero-order valence-corrected chi connectivity index (χ0v) is 14.6. The van der Waals surface area contributed by atoms with Gasteiger partial charge in [-0.05, 0) is 42.8 Å². The number of nitrogens with one attached hydrogen (secondary N) is 1. The molecule has 0 fully saturated rings. The van der Waals surface area contributed by atoms with Gasteiger partial charge in [-0.15, -0.1) is 0 Å². The molecule has 0 aliphatic rings. The van der Waals surface area contributed by atoms with E-state index in [1.54, 1.807) is 50.5 Å². The minimum atomic E-state index is -0.467. The highest BCUT2D eigenvalue weighted by molar-refractivity contribution is 6.03. The predicted octanol–water partition coefficient (Wildman–Crippen LogP) is 3.69. The molecule has 134 valence electrons. The number of ether oxygens (including phenoxy) is 1. The highest BCUT2D eigenvalue weighted by atomic mass is 19.1. The number of anilines is 1. The minimum Gasteiger partial charge on any atom is -0.462 e. The van der Waals surface area contributed by atoms with Crippen molar-refractivity contribution in [3.05, 3.63) is 65.6 Å². The van der Waals surface area contributed by atoms with Crippen LogP contribution in [0, 0.1) is 5.82 Å². The van der Waals surface area contributed by atoms with Gasteiger partial charge in [-0.1, -0.05) is 12.1 Å². The predicted molar refractivity (Wildman–Crippen MR) is 97.8 cm³/mol. The maximum atomic E-state index is 13.3. The number of H-pyrrole nitrogens is 1. The second-order valence-electron chi connectivity index (χ2n) is 5.87. The van der Waals surface area contributed by atoms with E-state index in [4.69, 9.17) is 4.74 Å². The Bertz CT molecular complexity index is 965. The van der Waals surface area contributed by atoms with Gasteiger partial charge >= 0.3 is 5.97 Å². The van der Waals surface area contributed by atoms with E-state index in [2.05, 4.69) is 4.98 Å². The molecule has 0 radical (unpaired) electrons. The van der Waals surface area contributed by atoms with E-state index in [1.165, 1.54) is 17.0 Å². The van der Waals surface area contributed by atoms with Crippen molar-refractivity contribution < 1.29 is 18.7 Å². The molecule has 1 aromatic heterocycles. The Morgan fingerprint density at radius 1 is 1.19 bits per heavy atom. The van der Waals surface area contributed by atoms with Crippen LogP contribution in [0.4, 0.5) is 10.1 Å². The summed E-state index contributed by atoms with van der Waals surface area (Å²) in [5.74, 6) is -0.991. The van der Waals surface area contributed by atoms with Gasteiger partial charge in [0.05, 0.1) is 24.3 Å². The van der Waals surface area contributed by atoms with Gasteiger partial charge in [0, 0.05) is 24.1 Å². The maximum absolute atomic E-state index is 13.3. The van der Waals surface area contributed by atoms with E-state index >= 15 is 0 Å². The number of para-hydroxylation sites is 1. The number of fused-ring (bicyclic) bond motifs is 1. The van der Waals surface area contributed by atoms with Crippen molar-refractivity contribution in [3.8, 4) is 0 Å². The van der Waals surface area contributed by atoms with Gasteiger partial charge in [-0.25, -0.2) is 9.18 Å². The molecule has 2 aromatic carbocycles. The Labute approximate surface area is 150 Å². The lowest BCUT2D eigenvalue weighted by atomic mass is 10.1. The van der Waals surface area contributed by atoms with Crippen LogP contribution >= 0.6 is 0 Å². The molecule has 0 aliphatic carbocycles. The van der Waals surface area contributed by atoms with Crippen LogP contribution in [0.1, 0.15) is 22.8 Å². The monoisotopic (exact) mass is 354 g/mol. The molecule has 0 spiro atoms. The van der Waals surface area contributed by atoms with Crippen molar-refractivity contribution in [1.29, 1.82) is 0 Å². The number of esters is 1. The van der Waals surface area contributed by atoms with Gasteiger partial charge < -0.3 is 14.6 Å². The first-order valence-electron chi connectivity index (χ1n) is 8.29. The Balaban J connectivity index is 1.85. The Morgan fingerprint density at radius 3 is 2.73 bits per heavy atom. The van der Waals surface area contributed by atoms with Gasteiger partial charge in [0.15, 0.2) is 0 Å². The average molecular weight is 354 g/mol. The van der Waals surface area contributed by atoms with Crippen molar-refractivity contribution in [3.63, 3.8) is 0 Å². The van der Waals surface area contributed by atoms with Crippen molar-refractivity contribution in [2.24, 2.45) is 0 Å². The fourth-order valence-corrected chi connectivity index (χ4v) is 2.87. The molecule has 0 aliphatic heterocycles. The van der Waals surface area contributed by atoms with E-state index in [9.17, 15) is 14.0 Å². The van der Waals surface area contributed by atoms with Crippen LogP contribution < -0.4 is 4.90 Å². The number of nitrogens with zero attached hydrogens (tertiary/aromatic N) is 1. The first kappa shape index (κ1) is 17.7. The van der Waals surface area contributed by atoms with Crippen LogP contribution in [0.2, 0.25) is 0 Å². The lowest BCUT2D eigenvalue weighted by molar-refractivity contribution is -0.117. The Hall–Kier alpha value is -3.15. The van der Waals surface area contributed by atoms with Crippen molar-refractivity contribution in [2.75, 3.05) is 18.6 Å². The number of hydrogen-bond donors (Lipinski definition) is 1. The first-order valence-corrected chi connectivity index (χ1v) is 8.29. The van der Waals surface area contributed by atoms with Crippen LogP contribution in [-0.4, -0.2) is 30.5 Å². The van der Waals surface area contributed by atoms with E-state index in [1.807, 2.05) is 0 Å². The number of amides is 1. The second-order valence-corrected chi connectivity index (χ2v) is 5.87. The molecule has 3 aromatic rings. The van der Waals surface area contributed by atoms with Crippen molar-refractivity contribution >= 4 is 28.5 Å². The second kappa shape index (κ2) is 7.39. The van der Waals surface area contributed by atoms with E-state index in [0.717, 1.165) is 10.9 Å². The maximum Gasteiger partial charge on any atom is 0.340 e. The number of halogens is 1. The summed E-state index contributed by atoms with van der Waals surface area (Å²) >= 11 is 0. The summed E-state index contributed by atoms with van der Waals surface area (Å²) < 4.78 is 18.4. The van der Waals surface area contributed by atoms with Gasteiger partial charge in [0.25, 0.3) is 0 Å². The summed E-state index contributed by atoms with van der Waals surface area (Å²) in [6.07, 6.45) is 1.83. The van der Waals surface area contributed by atoms with Crippen LogP contribution in [0.3, 0.4) is 0 Å². The zero-order valence-electron chi connectivity index (χ0n) is 14.6. The molecule has 0 unspecified atom stereocenters. The first-order chi connectivity index (χ1) is 12.5. The molecule has 1 N–H and O–H groups in total. The fraction of sp³-hybridized carbons (Fsp3) is 0.200. The lowest BCUT2D eigenvalue weighted by Crippen LogP contribution is -2.29. The van der Waals surface area contributed by atoms with Gasteiger partial charge in [-0.3, -0.25) is 4.79 Å². The molecule has 6 heteroatoms. The van der Waals surface area contributed by atoms with Gasteiger partial charge in [0.2, 0.25) is 5.91 Å². The molecule has 26 heavy (non-hydrogen) atoms. The Morgan fingerprint density at radius 2 is 1.96 bits per heavy atom. The number of benzene rings is 2. The normalized spacial score (nSPS) is 10.7. The third-order valence-corrected chi connectivity index (χ3v) is 4.21. The van der Waals surface area contributed by atoms with Crippen LogP contribution in [-0.2, 0) is 16.0 Å². The summed E-state index contributed by atoms with van der Waals surface area (Å²) in [6, 6.07) is 11.2. The largest absolute Gasteiger partial charge is 0.462 e. The molecule has 0 saturated heterocycles. The van der Waals surface area contributed by atoms with E-state index in [0.29, 0.717) is 16.8 Å². The van der Waals surface area contributed by atoms with E-state index in [-0.39, 0.29) is 24.8 Å². The standard InChI is InChI=1S/C20H19FN2O3/c1-3-26-20(25)16-6-4-5-7-18(16)23(2)19(24)10-13-12-22-17-11-14(21)8-9-15(13)17/h4-9,11-12,22H,3,10H2,1-2H3. The third kappa shape index (κ3) is 3.44. The van der Waals surface area contributed by atoms with Gasteiger partial charge in [0.1, 0.15) is 5.82 Å². The van der Waals surface area contributed by atoms with Crippen LogP contribution in [0.15, 0.2) is 48.7 Å². The number of carbonyl (C=O) groups is 2. The zero-order chi connectivity index (χ0) is 18.7. The highest BCUT2D eigenvalue weighted by Crippen LogP contribution is 2.23. The number of likely N-dealkylation sites (N-methyl/N-ethyl adjacent to an activating group) is 1. The number of carbonyl (C=O) groups excluding carboxylic acids is 2. The molecule has 1 heterocycles. The molecule has 0 saturated carbocycles. The molecule has 0 atom stereocenters. The number of hydrogen-bond acceptors (Lipinski definition) is 3. The summed E-state index contributed by atoms with van der Waals surface area (Å²) in [7, 11) is 1.62. The van der Waals surface area contributed by atoms with Gasteiger partial charge in [-0.2, -0.15) is 0 Å². The molecule has 1 amide bonds. The van der Waals surface area contributed by atoms with Crippen molar-refractivity contribution in [1.82, 2.24) is 4.98 Å². The quantitative estimate of drug-likeness (QED) is 0.711. The molecule has 3 rings (SSSR count). The smallest absolute Gasteiger partial charge is 0.340 e. The van der Waals surface area contributed by atoms with Crippen LogP contribution in [0.5, 0.6) is 0 Å². The number of aromatic amines is 1. The summed E-state index contributed by atoms with van der Waals surface area (Å²) in [6.45, 7) is 1.99. The molecule has 0 bridgehead atoms. The number of rotatable bonds is 5. The minimum absolute atomic E-state index is 0.124. The SMILES string of the molecule is CCOC(=O)c1ccccc1N(C)C(=O)Cc1c[nH]c2cc(F)ccc12. The Kier molecular flexibility index (Phi) is 5.02. The van der Waals surface area contributed by atoms with Crippen molar-refractivity contribution in [2.45, 2.75) is 13.3 Å². The van der Waals surface area contributed by atoms with Crippen LogP contribution in [0.25, 0.3) is 10.9 Å². The average Bonchev–Trinajstić information content (AvgIpc) is 3.03. The highest BCUT2D eigenvalue weighted by Gasteiger charge is 2.20. The third-order valence-electron chi connectivity index (χ3n) is 4.21.